The average Bonchev–Trinajstić information content (AvgIpc) is 2.15. The molecule has 0 radical (unpaired) electrons. The van der Waals surface area contributed by atoms with E-state index in [0.717, 1.165) is 12.1 Å². The zero-order valence-corrected chi connectivity index (χ0v) is 8.57. The molecule has 0 aliphatic carbocycles. The highest BCUT2D eigenvalue weighted by Gasteiger charge is 2.31. The number of ether oxygens (including phenoxy) is 1. The van der Waals surface area contributed by atoms with Gasteiger partial charge in [-0.15, -0.1) is 13.2 Å². The number of benzene rings is 1. The Morgan fingerprint density at radius 3 is 2.65 bits per heavy atom. The summed E-state index contributed by atoms with van der Waals surface area (Å²) in [5, 5.41) is 8.56. The van der Waals surface area contributed by atoms with Crippen LogP contribution in [0.2, 0.25) is 0 Å². The quantitative estimate of drug-likeness (QED) is 0.848. The van der Waals surface area contributed by atoms with Crippen molar-refractivity contribution in [2.75, 3.05) is 0 Å². The zero-order chi connectivity index (χ0) is 13.1. The number of carboxylic acid groups (broad SMARTS) is 1. The highest BCUT2D eigenvalue weighted by molar-refractivity contribution is 5.73. The molecule has 0 saturated heterocycles. The molecule has 94 valence electrons. The van der Waals surface area contributed by atoms with Crippen molar-refractivity contribution >= 4 is 5.97 Å². The SMILES string of the molecule is NC(Cc1cccc(OC(F)(F)F)c1)C(=O)O. The molecule has 0 saturated carbocycles. The number of aliphatic carboxylic acids is 1. The second-order valence-electron chi connectivity index (χ2n) is 3.34. The Morgan fingerprint density at radius 1 is 1.47 bits per heavy atom. The van der Waals surface area contributed by atoms with Gasteiger partial charge in [-0.3, -0.25) is 4.79 Å². The number of hydrogen-bond donors (Lipinski definition) is 2. The molecule has 0 fully saturated rings. The Hall–Kier alpha value is -1.76. The number of hydrogen-bond acceptors (Lipinski definition) is 3. The van der Waals surface area contributed by atoms with Crippen LogP contribution >= 0.6 is 0 Å². The highest BCUT2D eigenvalue weighted by Crippen LogP contribution is 2.23. The number of halogens is 3. The molecule has 7 heteroatoms. The van der Waals surface area contributed by atoms with Crippen molar-refractivity contribution in [3.63, 3.8) is 0 Å². The minimum Gasteiger partial charge on any atom is -0.480 e. The van der Waals surface area contributed by atoms with Crippen molar-refractivity contribution in [1.29, 1.82) is 0 Å². The van der Waals surface area contributed by atoms with Gasteiger partial charge in [0, 0.05) is 0 Å². The molecule has 0 aromatic heterocycles. The van der Waals surface area contributed by atoms with Crippen LogP contribution in [0.1, 0.15) is 5.56 Å². The van der Waals surface area contributed by atoms with Crippen LogP contribution in [-0.4, -0.2) is 23.5 Å². The van der Waals surface area contributed by atoms with Gasteiger partial charge in [-0.25, -0.2) is 0 Å². The zero-order valence-electron chi connectivity index (χ0n) is 8.57. The first-order valence-corrected chi connectivity index (χ1v) is 4.61. The van der Waals surface area contributed by atoms with Gasteiger partial charge in [-0.05, 0) is 24.1 Å². The summed E-state index contributed by atoms with van der Waals surface area (Å²) in [6, 6.07) is 3.90. The van der Waals surface area contributed by atoms with E-state index in [2.05, 4.69) is 4.74 Å². The van der Waals surface area contributed by atoms with E-state index in [1.807, 2.05) is 0 Å². The largest absolute Gasteiger partial charge is 0.573 e. The van der Waals surface area contributed by atoms with Crippen molar-refractivity contribution in [3.8, 4) is 5.75 Å². The number of nitrogens with two attached hydrogens (primary N) is 1. The van der Waals surface area contributed by atoms with Crippen LogP contribution in [0.4, 0.5) is 13.2 Å². The molecule has 0 amide bonds. The standard InChI is InChI=1S/C10H10F3NO3/c11-10(12,13)17-7-3-1-2-6(4-7)5-8(14)9(15)16/h1-4,8H,5,14H2,(H,15,16). The lowest BCUT2D eigenvalue weighted by molar-refractivity contribution is -0.274. The summed E-state index contributed by atoms with van der Waals surface area (Å²) in [5.74, 6) is -1.61. The number of carbonyl (C=O) groups is 1. The second-order valence-corrected chi connectivity index (χ2v) is 3.34. The molecule has 1 unspecified atom stereocenters. The van der Waals surface area contributed by atoms with Crippen LogP contribution in [0, 0.1) is 0 Å². The van der Waals surface area contributed by atoms with Gasteiger partial charge >= 0.3 is 12.3 Å². The average molecular weight is 249 g/mol. The van der Waals surface area contributed by atoms with Crippen molar-refractivity contribution in [2.45, 2.75) is 18.8 Å². The van der Waals surface area contributed by atoms with E-state index < -0.39 is 24.1 Å². The van der Waals surface area contributed by atoms with Crippen LogP contribution in [-0.2, 0) is 11.2 Å². The van der Waals surface area contributed by atoms with Gasteiger partial charge in [-0.2, -0.15) is 0 Å². The number of carboxylic acids is 1. The smallest absolute Gasteiger partial charge is 0.480 e. The third kappa shape index (κ3) is 4.73. The van der Waals surface area contributed by atoms with Gasteiger partial charge in [0.25, 0.3) is 0 Å². The molecule has 1 atom stereocenters. The van der Waals surface area contributed by atoms with Gasteiger partial charge in [0.05, 0.1) is 0 Å². The van der Waals surface area contributed by atoms with E-state index in [9.17, 15) is 18.0 Å². The summed E-state index contributed by atoms with van der Waals surface area (Å²) in [4.78, 5) is 10.5. The summed E-state index contributed by atoms with van der Waals surface area (Å²) >= 11 is 0. The number of alkyl halides is 3. The molecule has 1 aromatic rings. The van der Waals surface area contributed by atoms with Crippen molar-refractivity contribution in [2.24, 2.45) is 5.73 Å². The summed E-state index contributed by atoms with van der Waals surface area (Å²) < 4.78 is 39.5. The summed E-state index contributed by atoms with van der Waals surface area (Å²) in [5.41, 5.74) is 5.63. The molecule has 17 heavy (non-hydrogen) atoms. The minimum atomic E-state index is -4.77. The van der Waals surface area contributed by atoms with Crippen molar-refractivity contribution < 1.29 is 27.8 Å². The molecule has 0 spiro atoms. The minimum absolute atomic E-state index is 0.0651. The fraction of sp³-hybridized carbons (Fsp3) is 0.300. The monoisotopic (exact) mass is 249 g/mol. The molecule has 3 N–H and O–H groups in total. The molecular formula is C10H10F3NO3. The lowest BCUT2D eigenvalue weighted by Gasteiger charge is -2.11. The predicted molar refractivity (Wildman–Crippen MR) is 52.4 cm³/mol. The molecular weight excluding hydrogens is 239 g/mol. The predicted octanol–water partition coefficient (Wildman–Crippen LogP) is 1.54. The van der Waals surface area contributed by atoms with Crippen LogP contribution in [0.25, 0.3) is 0 Å². The Kier molecular flexibility index (Phi) is 3.95. The molecule has 0 heterocycles. The maximum atomic E-state index is 11.9. The van der Waals surface area contributed by atoms with Gasteiger partial charge < -0.3 is 15.6 Å². The van der Waals surface area contributed by atoms with E-state index in [4.69, 9.17) is 10.8 Å². The molecule has 1 rings (SSSR count). The van der Waals surface area contributed by atoms with Gasteiger partial charge in [0.1, 0.15) is 11.8 Å². The lowest BCUT2D eigenvalue weighted by Crippen LogP contribution is -2.32. The van der Waals surface area contributed by atoms with Crippen molar-refractivity contribution in [3.05, 3.63) is 29.8 Å². The fourth-order valence-corrected chi connectivity index (χ4v) is 1.21. The second kappa shape index (κ2) is 5.05. The van der Waals surface area contributed by atoms with E-state index in [-0.39, 0.29) is 6.42 Å². The van der Waals surface area contributed by atoms with E-state index in [0.29, 0.717) is 5.56 Å². The third-order valence-electron chi connectivity index (χ3n) is 1.90. The van der Waals surface area contributed by atoms with Gasteiger partial charge in [-0.1, -0.05) is 12.1 Å². The first-order valence-electron chi connectivity index (χ1n) is 4.61. The Morgan fingerprint density at radius 2 is 2.12 bits per heavy atom. The Labute approximate surface area is 94.8 Å². The summed E-state index contributed by atoms with van der Waals surface area (Å²) in [6.45, 7) is 0. The van der Waals surface area contributed by atoms with Gasteiger partial charge in [0.2, 0.25) is 0 Å². The highest BCUT2D eigenvalue weighted by atomic mass is 19.4. The van der Waals surface area contributed by atoms with E-state index in [1.165, 1.54) is 12.1 Å². The van der Waals surface area contributed by atoms with Crippen LogP contribution in [0.3, 0.4) is 0 Å². The first kappa shape index (κ1) is 13.3. The number of rotatable bonds is 4. The lowest BCUT2D eigenvalue weighted by atomic mass is 10.1. The summed E-state index contributed by atoms with van der Waals surface area (Å²) in [6.07, 6.45) is -4.84. The van der Waals surface area contributed by atoms with Crippen LogP contribution < -0.4 is 10.5 Å². The normalized spacial score (nSPS) is 13.2. The fourth-order valence-electron chi connectivity index (χ4n) is 1.21. The maximum Gasteiger partial charge on any atom is 0.573 e. The maximum absolute atomic E-state index is 11.9. The summed E-state index contributed by atoms with van der Waals surface area (Å²) in [7, 11) is 0. The van der Waals surface area contributed by atoms with E-state index in [1.54, 1.807) is 0 Å². The molecule has 0 aliphatic heterocycles. The molecule has 0 bridgehead atoms. The Balaban J connectivity index is 2.76. The van der Waals surface area contributed by atoms with E-state index >= 15 is 0 Å². The first-order chi connectivity index (χ1) is 7.78. The molecule has 4 nitrogen and oxygen atoms in total. The van der Waals surface area contributed by atoms with Crippen LogP contribution in [0.5, 0.6) is 5.75 Å². The molecule has 1 aromatic carbocycles. The Bertz CT molecular complexity index is 406. The topological polar surface area (TPSA) is 72.5 Å². The van der Waals surface area contributed by atoms with Crippen molar-refractivity contribution in [1.82, 2.24) is 0 Å². The van der Waals surface area contributed by atoms with Gasteiger partial charge in [0.15, 0.2) is 0 Å². The third-order valence-corrected chi connectivity index (χ3v) is 1.90. The molecule has 0 aliphatic rings. The van der Waals surface area contributed by atoms with Crippen LogP contribution in [0.15, 0.2) is 24.3 Å².